The average Bonchev–Trinajstić information content (AvgIpc) is 2.03. The van der Waals surface area contributed by atoms with Crippen LogP contribution < -0.4 is 17.7 Å². The van der Waals surface area contributed by atoms with Gasteiger partial charge in [0, 0.05) is 12.5 Å². The first kappa shape index (κ1) is 11.4. The van der Waals surface area contributed by atoms with E-state index in [2.05, 4.69) is 12.1 Å². The van der Waals surface area contributed by atoms with Crippen LogP contribution in [0.1, 0.15) is 12.5 Å². The summed E-state index contributed by atoms with van der Waals surface area (Å²) in [5.41, 5.74) is 1.24. The summed E-state index contributed by atoms with van der Waals surface area (Å²) in [4.78, 5) is 0. The van der Waals surface area contributed by atoms with Crippen LogP contribution in [0.25, 0.3) is 0 Å². The molecule has 0 aliphatic rings. The summed E-state index contributed by atoms with van der Waals surface area (Å²) in [6, 6.07) is 10.1. The first-order valence-electron chi connectivity index (χ1n) is 3.84. The number of quaternary nitrogens is 1. The molecule has 0 spiro atoms. The summed E-state index contributed by atoms with van der Waals surface area (Å²) in [5.74, 6) is 0. The molecule has 3 N–H and O–H groups in total. The van der Waals surface area contributed by atoms with Crippen LogP contribution in [0.5, 0.6) is 0 Å². The number of aliphatic hydroxyl groups is 1. The maximum Gasteiger partial charge on any atom is 0.184 e. The van der Waals surface area contributed by atoms with E-state index in [0.717, 1.165) is 6.54 Å². The fourth-order valence-electron chi connectivity index (χ4n) is 0.921. The van der Waals surface area contributed by atoms with Gasteiger partial charge in [-0.15, -0.1) is 0 Å². The number of hydrogen-bond donors (Lipinski definition) is 2. The van der Waals surface area contributed by atoms with Crippen LogP contribution in [-0.2, 0) is 6.54 Å². The number of benzene rings is 1. The zero-order chi connectivity index (χ0) is 8.10. The van der Waals surface area contributed by atoms with Crippen LogP contribution in [0.15, 0.2) is 30.3 Å². The Bertz CT molecular complexity index is 201. The number of halogens is 1. The van der Waals surface area contributed by atoms with Crippen molar-refractivity contribution in [3.05, 3.63) is 35.9 Å². The number of aliphatic hydroxyl groups excluding tert-OH is 1. The van der Waals surface area contributed by atoms with Crippen molar-refractivity contribution < 1.29 is 22.8 Å². The van der Waals surface area contributed by atoms with Gasteiger partial charge in [0.15, 0.2) is 6.23 Å². The molecule has 2 nitrogen and oxygen atoms in total. The predicted octanol–water partition coefficient (Wildman–Crippen LogP) is -2.91. The van der Waals surface area contributed by atoms with Crippen LogP contribution in [0.2, 0.25) is 0 Å². The van der Waals surface area contributed by atoms with E-state index in [1.54, 1.807) is 6.92 Å². The SMILES string of the molecule is CC(O)[NH2+]Cc1ccccc1.[Cl-]. The molecule has 0 fully saturated rings. The fraction of sp³-hybridized carbons (Fsp3) is 0.333. The topological polar surface area (TPSA) is 36.8 Å². The Hall–Kier alpha value is -0.570. The Kier molecular flexibility index (Phi) is 5.72. The first-order valence-corrected chi connectivity index (χ1v) is 3.84. The lowest BCUT2D eigenvalue weighted by atomic mass is 10.2. The molecule has 0 saturated carbocycles. The molecular formula is C9H14ClNO. The maximum atomic E-state index is 8.96. The summed E-state index contributed by atoms with van der Waals surface area (Å²) in [6.45, 7) is 2.61. The summed E-state index contributed by atoms with van der Waals surface area (Å²) >= 11 is 0. The third kappa shape index (κ3) is 4.34. The predicted molar refractivity (Wildman–Crippen MR) is 43.8 cm³/mol. The third-order valence-electron chi connectivity index (χ3n) is 1.54. The highest BCUT2D eigenvalue weighted by atomic mass is 35.5. The summed E-state index contributed by atoms with van der Waals surface area (Å²) in [7, 11) is 0. The molecule has 1 aromatic rings. The monoisotopic (exact) mass is 187 g/mol. The fourth-order valence-corrected chi connectivity index (χ4v) is 0.921. The molecule has 3 heteroatoms. The summed E-state index contributed by atoms with van der Waals surface area (Å²) in [6.07, 6.45) is -0.310. The van der Waals surface area contributed by atoms with Crippen molar-refractivity contribution in [1.82, 2.24) is 0 Å². The van der Waals surface area contributed by atoms with Crippen molar-refractivity contribution in [3.8, 4) is 0 Å². The molecule has 1 rings (SSSR count). The van der Waals surface area contributed by atoms with Crippen molar-refractivity contribution >= 4 is 0 Å². The Morgan fingerprint density at radius 2 is 1.92 bits per heavy atom. The number of hydrogen-bond acceptors (Lipinski definition) is 1. The highest BCUT2D eigenvalue weighted by Crippen LogP contribution is 1.94. The van der Waals surface area contributed by atoms with E-state index in [4.69, 9.17) is 5.11 Å². The van der Waals surface area contributed by atoms with Gasteiger partial charge in [0.05, 0.1) is 0 Å². The van der Waals surface area contributed by atoms with Gasteiger partial charge in [-0.05, 0) is 0 Å². The van der Waals surface area contributed by atoms with Crippen molar-refractivity contribution in [2.45, 2.75) is 19.7 Å². The van der Waals surface area contributed by atoms with Gasteiger partial charge in [0.1, 0.15) is 6.54 Å². The smallest absolute Gasteiger partial charge is 0.184 e. The zero-order valence-electron chi connectivity index (χ0n) is 7.07. The molecule has 12 heavy (non-hydrogen) atoms. The summed E-state index contributed by atoms with van der Waals surface area (Å²) < 4.78 is 0. The van der Waals surface area contributed by atoms with Gasteiger partial charge in [-0.25, -0.2) is 0 Å². The van der Waals surface area contributed by atoms with Crippen LogP contribution in [0.3, 0.4) is 0 Å². The second kappa shape index (κ2) is 6.00. The maximum absolute atomic E-state index is 8.96. The second-order valence-electron chi connectivity index (χ2n) is 2.67. The molecule has 0 aromatic heterocycles. The minimum atomic E-state index is -0.310. The molecule has 0 aliphatic carbocycles. The second-order valence-corrected chi connectivity index (χ2v) is 2.67. The quantitative estimate of drug-likeness (QED) is 0.490. The average molecular weight is 188 g/mol. The molecule has 1 atom stereocenters. The molecule has 0 bridgehead atoms. The Morgan fingerprint density at radius 1 is 1.33 bits per heavy atom. The molecule has 0 aliphatic heterocycles. The molecule has 0 saturated heterocycles. The van der Waals surface area contributed by atoms with Crippen LogP contribution >= 0.6 is 0 Å². The zero-order valence-corrected chi connectivity index (χ0v) is 7.83. The van der Waals surface area contributed by atoms with E-state index in [-0.39, 0.29) is 18.6 Å². The highest BCUT2D eigenvalue weighted by molar-refractivity contribution is 5.12. The molecule has 1 aromatic carbocycles. The molecule has 0 heterocycles. The van der Waals surface area contributed by atoms with Crippen molar-refractivity contribution in [1.29, 1.82) is 0 Å². The van der Waals surface area contributed by atoms with Crippen LogP contribution in [0.4, 0.5) is 0 Å². The molecule has 68 valence electrons. The van der Waals surface area contributed by atoms with Gasteiger partial charge < -0.3 is 22.8 Å². The minimum absolute atomic E-state index is 0. The van der Waals surface area contributed by atoms with Crippen molar-refractivity contribution in [3.63, 3.8) is 0 Å². The van der Waals surface area contributed by atoms with Gasteiger partial charge >= 0.3 is 0 Å². The number of rotatable bonds is 3. The molecular weight excluding hydrogens is 174 g/mol. The standard InChI is InChI=1S/C9H13NO.ClH/c1-8(11)10-7-9-5-3-2-4-6-9;/h2-6,8,10-11H,7H2,1H3;1H. The molecule has 1 unspecified atom stereocenters. The van der Waals surface area contributed by atoms with Gasteiger partial charge in [0.25, 0.3) is 0 Å². The van der Waals surface area contributed by atoms with Gasteiger partial charge in [-0.1, -0.05) is 30.3 Å². The van der Waals surface area contributed by atoms with Crippen molar-refractivity contribution in [2.75, 3.05) is 0 Å². The van der Waals surface area contributed by atoms with Gasteiger partial charge in [-0.3, -0.25) is 0 Å². The van der Waals surface area contributed by atoms with Crippen LogP contribution in [0, 0.1) is 0 Å². The van der Waals surface area contributed by atoms with Crippen molar-refractivity contribution in [2.24, 2.45) is 0 Å². The lowest BCUT2D eigenvalue weighted by Gasteiger charge is -2.02. The lowest BCUT2D eigenvalue weighted by Crippen LogP contribution is -3.00. The third-order valence-corrected chi connectivity index (χ3v) is 1.54. The Labute approximate surface area is 79.0 Å². The van der Waals surface area contributed by atoms with E-state index in [1.165, 1.54) is 5.56 Å². The number of nitrogens with two attached hydrogens (primary N) is 1. The van der Waals surface area contributed by atoms with E-state index in [0.29, 0.717) is 0 Å². The van der Waals surface area contributed by atoms with Crippen LogP contribution in [-0.4, -0.2) is 11.3 Å². The largest absolute Gasteiger partial charge is 1.00 e. The van der Waals surface area contributed by atoms with E-state index in [1.807, 2.05) is 23.5 Å². The Balaban J connectivity index is 0.00000121. The molecule has 0 radical (unpaired) electrons. The normalized spacial score (nSPS) is 11.8. The minimum Gasteiger partial charge on any atom is -1.00 e. The summed E-state index contributed by atoms with van der Waals surface area (Å²) in [5, 5.41) is 10.8. The lowest BCUT2D eigenvalue weighted by molar-refractivity contribution is -0.734. The van der Waals surface area contributed by atoms with E-state index < -0.39 is 0 Å². The molecule has 0 amide bonds. The van der Waals surface area contributed by atoms with E-state index in [9.17, 15) is 0 Å². The van der Waals surface area contributed by atoms with E-state index >= 15 is 0 Å². The van der Waals surface area contributed by atoms with Gasteiger partial charge in [-0.2, -0.15) is 0 Å². The first-order chi connectivity index (χ1) is 5.29. The highest BCUT2D eigenvalue weighted by Gasteiger charge is 1.97. The Morgan fingerprint density at radius 3 is 2.42 bits per heavy atom. The van der Waals surface area contributed by atoms with Gasteiger partial charge in [0.2, 0.25) is 0 Å².